The number of nitrogens with one attached hydrogen (secondary N) is 1. The molecule has 20 heavy (non-hydrogen) atoms. The fourth-order valence-electron chi connectivity index (χ4n) is 1.47. The van der Waals surface area contributed by atoms with E-state index in [1.54, 1.807) is 6.92 Å². The second-order valence-electron chi connectivity index (χ2n) is 3.98. The van der Waals surface area contributed by atoms with E-state index in [4.69, 9.17) is 5.11 Å². The third-order valence-electron chi connectivity index (χ3n) is 2.32. The van der Waals surface area contributed by atoms with Gasteiger partial charge in [-0.2, -0.15) is 13.2 Å². The fraction of sp³-hybridized carbons (Fsp3) is 0.364. The van der Waals surface area contributed by atoms with E-state index >= 15 is 0 Å². The van der Waals surface area contributed by atoms with Gasteiger partial charge >= 0.3 is 12.1 Å². The van der Waals surface area contributed by atoms with Crippen LogP contribution in [0.2, 0.25) is 0 Å². The normalized spacial score (nSPS) is 12.2. The molecule has 2 N–H and O–H groups in total. The molecule has 1 aromatic rings. The summed E-state index contributed by atoms with van der Waals surface area (Å²) in [4.78, 5) is 10.9. The summed E-state index contributed by atoms with van der Waals surface area (Å²) in [6, 6.07) is 1.81. The van der Waals surface area contributed by atoms with Crippen molar-refractivity contribution in [1.82, 2.24) is 0 Å². The van der Waals surface area contributed by atoms with Gasteiger partial charge in [-0.15, -0.1) is 0 Å². The molecule has 0 radical (unpaired) electrons. The number of hydrogen-bond donors (Lipinski definition) is 2. The number of halogens is 3. The molecule has 0 amide bonds. The minimum absolute atomic E-state index is 0.257. The van der Waals surface area contributed by atoms with Crippen LogP contribution in [0.5, 0.6) is 0 Å². The second-order valence-corrected chi connectivity index (χ2v) is 5.83. The lowest BCUT2D eigenvalue weighted by Crippen LogP contribution is -2.19. The van der Waals surface area contributed by atoms with E-state index in [0.717, 1.165) is 6.07 Å². The molecule has 0 saturated carbocycles. The number of alkyl halides is 3. The van der Waals surface area contributed by atoms with Crippen molar-refractivity contribution in [2.24, 2.45) is 0 Å². The van der Waals surface area contributed by atoms with Gasteiger partial charge in [-0.3, -0.25) is 4.72 Å². The molecule has 0 unspecified atom stereocenters. The molecule has 0 aliphatic carbocycles. The maximum atomic E-state index is 12.5. The largest absolute Gasteiger partial charge is 0.478 e. The topological polar surface area (TPSA) is 83.5 Å². The average molecular weight is 311 g/mol. The summed E-state index contributed by atoms with van der Waals surface area (Å²) in [7, 11) is -3.78. The molecule has 0 aliphatic rings. The van der Waals surface area contributed by atoms with E-state index in [1.165, 1.54) is 0 Å². The molecule has 1 aromatic carbocycles. The molecule has 5 nitrogen and oxygen atoms in total. The van der Waals surface area contributed by atoms with Crippen molar-refractivity contribution in [3.63, 3.8) is 0 Å². The molecule has 0 aliphatic heterocycles. The standard InChI is InChI=1S/C11H12F3NO4S/c1-2-5-20(18,19)15-9-4-3-7(11(12,13)14)6-8(9)10(16)17/h3-4,6,15H,2,5H2,1H3,(H,16,17). The van der Waals surface area contributed by atoms with E-state index < -0.39 is 33.3 Å². The van der Waals surface area contributed by atoms with E-state index in [9.17, 15) is 26.4 Å². The number of anilines is 1. The third kappa shape index (κ3) is 4.12. The van der Waals surface area contributed by atoms with Crippen LogP contribution < -0.4 is 4.72 Å². The van der Waals surface area contributed by atoms with Crippen LogP contribution in [0, 0.1) is 0 Å². The first-order valence-electron chi connectivity index (χ1n) is 5.52. The highest BCUT2D eigenvalue weighted by atomic mass is 32.2. The predicted octanol–water partition coefficient (Wildman–Crippen LogP) is 2.56. The van der Waals surface area contributed by atoms with Crippen molar-refractivity contribution in [3.8, 4) is 0 Å². The minimum atomic E-state index is -4.70. The van der Waals surface area contributed by atoms with Gasteiger partial charge in [-0.05, 0) is 24.6 Å². The molecule has 0 spiro atoms. The summed E-state index contributed by atoms with van der Waals surface area (Å²) in [6.45, 7) is 1.60. The Bertz CT molecular complexity index is 611. The Kier molecular flexibility index (Phi) is 4.64. The Morgan fingerprint density at radius 2 is 1.95 bits per heavy atom. The molecule has 0 fully saturated rings. The molecular formula is C11H12F3NO4S. The summed E-state index contributed by atoms with van der Waals surface area (Å²) < 4.78 is 62.5. The molecule has 0 heterocycles. The van der Waals surface area contributed by atoms with Gasteiger partial charge in [0.1, 0.15) is 0 Å². The first kappa shape index (κ1) is 16.3. The van der Waals surface area contributed by atoms with Gasteiger partial charge in [0.15, 0.2) is 0 Å². The van der Waals surface area contributed by atoms with Crippen molar-refractivity contribution < 1.29 is 31.5 Å². The Hall–Kier alpha value is -1.77. The molecule has 0 atom stereocenters. The molecule has 9 heteroatoms. The van der Waals surface area contributed by atoms with E-state index in [1.807, 2.05) is 4.72 Å². The van der Waals surface area contributed by atoms with Crippen molar-refractivity contribution in [2.45, 2.75) is 19.5 Å². The number of carboxylic acid groups (broad SMARTS) is 1. The number of hydrogen-bond acceptors (Lipinski definition) is 3. The van der Waals surface area contributed by atoms with Gasteiger partial charge < -0.3 is 5.11 Å². The molecule has 0 bridgehead atoms. The van der Waals surface area contributed by atoms with Gasteiger partial charge in [0.25, 0.3) is 0 Å². The van der Waals surface area contributed by atoms with Gasteiger partial charge in [0.05, 0.1) is 22.6 Å². The number of rotatable bonds is 5. The van der Waals surface area contributed by atoms with Crippen LogP contribution in [0.3, 0.4) is 0 Å². The average Bonchev–Trinajstić information content (AvgIpc) is 2.26. The first-order valence-corrected chi connectivity index (χ1v) is 7.17. The summed E-state index contributed by atoms with van der Waals surface area (Å²) in [5, 5.41) is 8.88. The van der Waals surface area contributed by atoms with Crippen molar-refractivity contribution in [2.75, 3.05) is 10.5 Å². The quantitative estimate of drug-likeness (QED) is 0.875. The van der Waals surface area contributed by atoms with Crippen LogP contribution >= 0.6 is 0 Å². The Morgan fingerprint density at radius 3 is 2.40 bits per heavy atom. The SMILES string of the molecule is CCCS(=O)(=O)Nc1ccc(C(F)(F)F)cc1C(=O)O. The summed E-state index contributed by atoms with van der Waals surface area (Å²) >= 11 is 0. The van der Waals surface area contributed by atoms with Gasteiger partial charge in [0, 0.05) is 0 Å². The monoisotopic (exact) mass is 311 g/mol. The van der Waals surface area contributed by atoms with Crippen LogP contribution in [0.25, 0.3) is 0 Å². The summed E-state index contributed by atoms with van der Waals surface area (Å²) in [5.41, 5.74) is -2.30. The number of carbonyl (C=O) groups is 1. The first-order chi connectivity index (χ1) is 9.07. The number of aromatic carboxylic acids is 1. The van der Waals surface area contributed by atoms with E-state index in [2.05, 4.69) is 0 Å². The third-order valence-corrected chi connectivity index (χ3v) is 3.79. The zero-order valence-electron chi connectivity index (χ0n) is 10.4. The van der Waals surface area contributed by atoms with Crippen LogP contribution in [0.4, 0.5) is 18.9 Å². The van der Waals surface area contributed by atoms with Crippen LogP contribution in [0.15, 0.2) is 18.2 Å². The Labute approximate surface area is 113 Å². The maximum Gasteiger partial charge on any atom is 0.416 e. The smallest absolute Gasteiger partial charge is 0.416 e. The fourth-order valence-corrected chi connectivity index (χ4v) is 2.63. The van der Waals surface area contributed by atoms with Gasteiger partial charge in [-0.1, -0.05) is 6.92 Å². The van der Waals surface area contributed by atoms with Crippen LogP contribution in [-0.2, 0) is 16.2 Å². The Morgan fingerprint density at radius 1 is 1.35 bits per heavy atom. The van der Waals surface area contributed by atoms with E-state index in [-0.39, 0.29) is 11.4 Å². The van der Waals surface area contributed by atoms with Gasteiger partial charge in [0.2, 0.25) is 10.0 Å². The Balaban J connectivity index is 3.25. The van der Waals surface area contributed by atoms with Crippen LogP contribution in [-0.4, -0.2) is 25.2 Å². The van der Waals surface area contributed by atoms with E-state index in [0.29, 0.717) is 18.6 Å². The lowest BCUT2D eigenvalue weighted by molar-refractivity contribution is -0.137. The zero-order valence-corrected chi connectivity index (χ0v) is 11.2. The summed E-state index contributed by atoms with van der Waals surface area (Å²) in [6.07, 6.45) is -4.41. The second kappa shape index (κ2) is 5.70. The van der Waals surface area contributed by atoms with Crippen molar-refractivity contribution in [1.29, 1.82) is 0 Å². The zero-order chi connectivity index (χ0) is 15.6. The maximum absolute atomic E-state index is 12.5. The number of sulfonamides is 1. The molecule has 1 rings (SSSR count). The lowest BCUT2D eigenvalue weighted by atomic mass is 10.1. The molecular weight excluding hydrogens is 299 g/mol. The highest BCUT2D eigenvalue weighted by Gasteiger charge is 2.32. The van der Waals surface area contributed by atoms with Crippen molar-refractivity contribution >= 4 is 21.7 Å². The summed E-state index contributed by atoms with van der Waals surface area (Å²) in [5.74, 6) is -1.90. The van der Waals surface area contributed by atoms with Gasteiger partial charge in [-0.25, -0.2) is 13.2 Å². The molecule has 0 aromatic heterocycles. The highest BCUT2D eigenvalue weighted by molar-refractivity contribution is 7.92. The molecule has 112 valence electrons. The minimum Gasteiger partial charge on any atom is -0.478 e. The van der Waals surface area contributed by atoms with Crippen molar-refractivity contribution in [3.05, 3.63) is 29.3 Å². The van der Waals surface area contributed by atoms with Crippen LogP contribution in [0.1, 0.15) is 29.3 Å². The lowest BCUT2D eigenvalue weighted by Gasteiger charge is -2.13. The predicted molar refractivity (Wildman–Crippen MR) is 66.1 cm³/mol. The molecule has 0 saturated heterocycles. The highest BCUT2D eigenvalue weighted by Crippen LogP contribution is 2.32. The number of carboxylic acids is 1. The number of benzene rings is 1.